The Morgan fingerprint density at radius 2 is 2.35 bits per heavy atom. The van der Waals surface area contributed by atoms with Crippen molar-refractivity contribution in [2.75, 3.05) is 23.8 Å². The number of carbonyl (C=O) groups is 1. The molecular formula is C16H22N2O2. The standard InChI is InChI=1S/C16H22N2O2/c1-3-10-20-16(19)14-11-13(17)7-8-15(14)18-9-5-4-6-12(18)2/h3,7-8,11-12H,1,4-6,9-10,17H2,2H3. The number of hydrogen-bond donors (Lipinski definition) is 1. The first-order valence-corrected chi connectivity index (χ1v) is 7.07. The first kappa shape index (κ1) is 14.4. The van der Waals surface area contributed by atoms with E-state index in [0.717, 1.165) is 25.1 Å². The molecule has 1 saturated heterocycles. The number of hydrogen-bond acceptors (Lipinski definition) is 4. The molecule has 1 aliphatic rings. The third-order valence-corrected chi connectivity index (χ3v) is 3.69. The van der Waals surface area contributed by atoms with Gasteiger partial charge in [-0.25, -0.2) is 4.79 Å². The largest absolute Gasteiger partial charge is 0.458 e. The minimum absolute atomic E-state index is 0.211. The van der Waals surface area contributed by atoms with Crippen LogP contribution in [0.25, 0.3) is 0 Å². The van der Waals surface area contributed by atoms with Crippen molar-refractivity contribution >= 4 is 17.3 Å². The number of carbonyl (C=O) groups excluding carboxylic acids is 1. The van der Waals surface area contributed by atoms with Crippen LogP contribution in [0.1, 0.15) is 36.5 Å². The lowest BCUT2D eigenvalue weighted by molar-refractivity contribution is 0.0550. The highest BCUT2D eigenvalue weighted by atomic mass is 16.5. The normalized spacial score (nSPS) is 18.6. The van der Waals surface area contributed by atoms with Gasteiger partial charge in [0.2, 0.25) is 0 Å². The van der Waals surface area contributed by atoms with Crippen LogP contribution in [-0.4, -0.2) is 25.2 Å². The number of anilines is 2. The fourth-order valence-corrected chi connectivity index (χ4v) is 2.64. The van der Waals surface area contributed by atoms with E-state index in [1.54, 1.807) is 12.1 Å². The Morgan fingerprint density at radius 1 is 1.55 bits per heavy atom. The second-order valence-electron chi connectivity index (χ2n) is 5.20. The zero-order chi connectivity index (χ0) is 14.5. The Bertz CT molecular complexity index is 499. The molecule has 0 aliphatic carbocycles. The van der Waals surface area contributed by atoms with Gasteiger partial charge in [-0.05, 0) is 44.4 Å². The fourth-order valence-electron chi connectivity index (χ4n) is 2.64. The van der Waals surface area contributed by atoms with Gasteiger partial charge in [0.25, 0.3) is 0 Å². The second-order valence-corrected chi connectivity index (χ2v) is 5.20. The number of rotatable bonds is 4. The van der Waals surface area contributed by atoms with E-state index >= 15 is 0 Å². The summed E-state index contributed by atoms with van der Waals surface area (Å²) in [6.45, 7) is 6.92. The maximum atomic E-state index is 12.2. The molecule has 4 heteroatoms. The van der Waals surface area contributed by atoms with Crippen LogP contribution < -0.4 is 10.6 Å². The lowest BCUT2D eigenvalue weighted by atomic mass is 10.0. The van der Waals surface area contributed by atoms with Gasteiger partial charge in [-0.3, -0.25) is 0 Å². The monoisotopic (exact) mass is 274 g/mol. The lowest BCUT2D eigenvalue weighted by Gasteiger charge is -2.36. The van der Waals surface area contributed by atoms with E-state index in [1.165, 1.54) is 6.42 Å². The van der Waals surface area contributed by atoms with E-state index in [0.29, 0.717) is 17.3 Å². The van der Waals surface area contributed by atoms with Gasteiger partial charge < -0.3 is 15.4 Å². The molecular weight excluding hydrogens is 252 g/mol. The van der Waals surface area contributed by atoms with Gasteiger partial charge >= 0.3 is 5.97 Å². The molecule has 1 heterocycles. The van der Waals surface area contributed by atoms with Crippen LogP contribution in [0.5, 0.6) is 0 Å². The summed E-state index contributed by atoms with van der Waals surface area (Å²) in [7, 11) is 0. The van der Waals surface area contributed by atoms with Gasteiger partial charge in [-0.15, -0.1) is 0 Å². The van der Waals surface area contributed by atoms with Crippen LogP contribution >= 0.6 is 0 Å². The minimum atomic E-state index is -0.343. The Kier molecular flexibility index (Phi) is 4.66. The molecule has 0 saturated carbocycles. The average Bonchev–Trinajstić information content (AvgIpc) is 2.45. The maximum Gasteiger partial charge on any atom is 0.340 e. The highest BCUT2D eigenvalue weighted by molar-refractivity contribution is 5.97. The van der Waals surface area contributed by atoms with Crippen LogP contribution in [0.2, 0.25) is 0 Å². The smallest absolute Gasteiger partial charge is 0.340 e. The van der Waals surface area contributed by atoms with E-state index in [9.17, 15) is 4.79 Å². The summed E-state index contributed by atoms with van der Waals surface area (Å²) in [5.41, 5.74) is 7.84. The molecule has 1 unspecified atom stereocenters. The van der Waals surface area contributed by atoms with Crippen LogP contribution in [0, 0.1) is 0 Å². The van der Waals surface area contributed by atoms with Crippen LogP contribution in [0.3, 0.4) is 0 Å². The van der Waals surface area contributed by atoms with E-state index < -0.39 is 0 Å². The van der Waals surface area contributed by atoms with Crippen molar-refractivity contribution in [1.29, 1.82) is 0 Å². The van der Waals surface area contributed by atoms with Crippen molar-refractivity contribution in [3.05, 3.63) is 36.4 Å². The van der Waals surface area contributed by atoms with Crippen LogP contribution in [0.15, 0.2) is 30.9 Å². The second kappa shape index (κ2) is 6.46. The first-order valence-electron chi connectivity index (χ1n) is 7.07. The number of esters is 1. The molecule has 0 spiro atoms. The molecule has 0 radical (unpaired) electrons. The molecule has 2 N–H and O–H groups in total. The third-order valence-electron chi connectivity index (χ3n) is 3.69. The Labute approximate surface area is 120 Å². The summed E-state index contributed by atoms with van der Waals surface area (Å²) in [6.07, 6.45) is 5.09. The fraction of sp³-hybridized carbons (Fsp3) is 0.438. The number of ether oxygens (including phenoxy) is 1. The van der Waals surface area contributed by atoms with Crippen molar-refractivity contribution in [1.82, 2.24) is 0 Å². The molecule has 1 aromatic carbocycles. The summed E-state index contributed by atoms with van der Waals surface area (Å²) >= 11 is 0. The number of benzene rings is 1. The Balaban J connectivity index is 2.31. The molecule has 2 rings (SSSR count). The summed E-state index contributed by atoms with van der Waals surface area (Å²) in [5, 5.41) is 0. The van der Waals surface area contributed by atoms with Gasteiger partial charge in [0.05, 0.1) is 11.3 Å². The summed E-state index contributed by atoms with van der Waals surface area (Å²) in [4.78, 5) is 14.4. The molecule has 1 fully saturated rings. The molecule has 108 valence electrons. The number of nitrogens with two attached hydrogens (primary N) is 1. The minimum Gasteiger partial charge on any atom is -0.458 e. The zero-order valence-corrected chi connectivity index (χ0v) is 12.0. The van der Waals surface area contributed by atoms with Crippen molar-refractivity contribution in [3.63, 3.8) is 0 Å². The van der Waals surface area contributed by atoms with Crippen molar-refractivity contribution < 1.29 is 9.53 Å². The van der Waals surface area contributed by atoms with Gasteiger partial charge in [-0.2, -0.15) is 0 Å². The van der Waals surface area contributed by atoms with E-state index in [4.69, 9.17) is 10.5 Å². The van der Waals surface area contributed by atoms with E-state index in [-0.39, 0.29) is 12.6 Å². The van der Waals surface area contributed by atoms with Crippen LogP contribution in [-0.2, 0) is 4.74 Å². The SMILES string of the molecule is C=CCOC(=O)c1cc(N)ccc1N1CCCCC1C. The molecule has 0 aromatic heterocycles. The van der Waals surface area contributed by atoms with Crippen molar-refractivity contribution in [2.24, 2.45) is 0 Å². The highest BCUT2D eigenvalue weighted by Crippen LogP contribution is 2.29. The molecule has 1 atom stereocenters. The predicted molar refractivity (Wildman–Crippen MR) is 82.0 cm³/mol. The van der Waals surface area contributed by atoms with Crippen molar-refractivity contribution in [3.8, 4) is 0 Å². The van der Waals surface area contributed by atoms with Crippen molar-refractivity contribution in [2.45, 2.75) is 32.2 Å². The van der Waals surface area contributed by atoms with Gasteiger partial charge in [0, 0.05) is 18.3 Å². The molecule has 0 amide bonds. The summed E-state index contributed by atoms with van der Waals surface area (Å²) in [5.74, 6) is -0.343. The predicted octanol–water partition coefficient (Wildman–Crippen LogP) is 2.99. The quantitative estimate of drug-likeness (QED) is 0.521. The highest BCUT2D eigenvalue weighted by Gasteiger charge is 2.23. The first-order chi connectivity index (χ1) is 9.63. The molecule has 1 aliphatic heterocycles. The lowest BCUT2D eigenvalue weighted by Crippen LogP contribution is -2.38. The average molecular weight is 274 g/mol. The molecule has 0 bridgehead atoms. The van der Waals surface area contributed by atoms with E-state index in [2.05, 4.69) is 18.4 Å². The summed E-state index contributed by atoms with van der Waals surface area (Å²) in [6, 6.07) is 5.88. The zero-order valence-electron chi connectivity index (χ0n) is 12.0. The van der Waals surface area contributed by atoms with E-state index in [1.807, 2.05) is 12.1 Å². The summed E-state index contributed by atoms with van der Waals surface area (Å²) < 4.78 is 5.16. The number of piperidine rings is 1. The maximum absolute atomic E-state index is 12.2. The number of nitrogen functional groups attached to an aromatic ring is 1. The molecule has 20 heavy (non-hydrogen) atoms. The molecule has 1 aromatic rings. The van der Waals surface area contributed by atoms with Gasteiger partial charge in [0.1, 0.15) is 6.61 Å². The molecule has 4 nitrogen and oxygen atoms in total. The Morgan fingerprint density at radius 3 is 3.05 bits per heavy atom. The topological polar surface area (TPSA) is 55.6 Å². The van der Waals surface area contributed by atoms with Gasteiger partial charge in [-0.1, -0.05) is 12.7 Å². The third kappa shape index (κ3) is 3.13. The van der Waals surface area contributed by atoms with Gasteiger partial charge in [0.15, 0.2) is 0 Å². The number of nitrogens with zero attached hydrogens (tertiary/aromatic N) is 1. The Hall–Kier alpha value is -1.97. The van der Waals surface area contributed by atoms with Crippen LogP contribution in [0.4, 0.5) is 11.4 Å².